The first-order chi connectivity index (χ1) is 8.91. The van der Waals surface area contributed by atoms with E-state index in [0.29, 0.717) is 5.69 Å². The first-order valence-electron chi connectivity index (χ1n) is 5.26. The van der Waals surface area contributed by atoms with E-state index in [9.17, 15) is 18.5 Å². The number of rotatable bonds is 3. The Morgan fingerprint density at radius 3 is 1.74 bits per heavy atom. The molecule has 0 saturated heterocycles. The number of non-ortho nitro benzene ring substituents is 1. The van der Waals surface area contributed by atoms with Crippen molar-refractivity contribution in [1.82, 2.24) is 0 Å². The summed E-state index contributed by atoms with van der Waals surface area (Å²) in [5.74, 6) is 0. The SMILES string of the molecule is Nc1ccc(S(=O)(=O)c2ccc([N+](=O)[O-])cc2)cc1. The van der Waals surface area contributed by atoms with Gasteiger partial charge in [0.05, 0.1) is 14.7 Å². The summed E-state index contributed by atoms with van der Waals surface area (Å²) < 4.78 is 24.4. The minimum absolute atomic E-state index is 0.00266. The Morgan fingerprint density at radius 2 is 1.32 bits per heavy atom. The zero-order valence-corrected chi connectivity index (χ0v) is 10.5. The van der Waals surface area contributed by atoms with E-state index in [1.54, 1.807) is 0 Å². The lowest BCUT2D eigenvalue weighted by Gasteiger charge is -2.04. The summed E-state index contributed by atoms with van der Waals surface area (Å²) in [6.45, 7) is 0. The Morgan fingerprint density at radius 1 is 0.895 bits per heavy atom. The monoisotopic (exact) mass is 278 g/mol. The number of nitrogens with zero attached hydrogens (tertiary/aromatic N) is 1. The molecule has 0 saturated carbocycles. The van der Waals surface area contributed by atoms with Crippen molar-refractivity contribution in [3.63, 3.8) is 0 Å². The molecule has 0 atom stereocenters. The molecule has 0 spiro atoms. The summed E-state index contributed by atoms with van der Waals surface area (Å²) in [5.41, 5.74) is 5.80. The van der Waals surface area contributed by atoms with Crippen molar-refractivity contribution in [1.29, 1.82) is 0 Å². The first kappa shape index (κ1) is 13.0. The lowest BCUT2D eigenvalue weighted by Crippen LogP contribution is -2.02. The van der Waals surface area contributed by atoms with Crippen molar-refractivity contribution in [2.24, 2.45) is 0 Å². The number of nitrogens with two attached hydrogens (primary N) is 1. The standard InChI is InChI=1S/C12H10N2O4S/c13-9-1-5-11(6-2-9)19(17,18)12-7-3-10(4-8-12)14(15)16/h1-8H,13H2. The largest absolute Gasteiger partial charge is 0.399 e. The maximum absolute atomic E-state index is 12.2. The molecule has 19 heavy (non-hydrogen) atoms. The number of hydrogen-bond donors (Lipinski definition) is 1. The quantitative estimate of drug-likeness (QED) is 0.525. The average Bonchev–Trinajstić information content (AvgIpc) is 2.39. The fourth-order valence-electron chi connectivity index (χ4n) is 1.53. The third-order valence-electron chi connectivity index (χ3n) is 2.55. The molecule has 0 amide bonds. The van der Waals surface area contributed by atoms with Gasteiger partial charge in [-0.2, -0.15) is 0 Å². The number of nitrogen functional groups attached to an aromatic ring is 1. The Bertz CT molecular complexity index is 706. The van der Waals surface area contributed by atoms with Crippen LogP contribution in [0, 0.1) is 10.1 Å². The number of nitro benzene ring substituents is 1. The van der Waals surface area contributed by atoms with Crippen molar-refractivity contribution in [2.75, 3.05) is 5.73 Å². The summed E-state index contributed by atoms with van der Waals surface area (Å²) in [6.07, 6.45) is 0. The summed E-state index contributed by atoms with van der Waals surface area (Å²) in [6, 6.07) is 10.5. The van der Waals surface area contributed by atoms with Crippen LogP contribution in [0.1, 0.15) is 0 Å². The van der Waals surface area contributed by atoms with Crippen LogP contribution in [0.4, 0.5) is 11.4 Å². The van der Waals surface area contributed by atoms with Gasteiger partial charge in [0.25, 0.3) is 5.69 Å². The van der Waals surface area contributed by atoms with Crippen LogP contribution in [0.5, 0.6) is 0 Å². The molecule has 7 heteroatoms. The van der Waals surface area contributed by atoms with Gasteiger partial charge >= 0.3 is 0 Å². The summed E-state index contributed by atoms with van der Waals surface area (Å²) in [4.78, 5) is 10.0. The molecule has 6 nitrogen and oxygen atoms in total. The fourth-order valence-corrected chi connectivity index (χ4v) is 2.79. The molecule has 2 aromatic rings. The zero-order chi connectivity index (χ0) is 14.0. The Labute approximate surface area is 109 Å². The molecule has 0 bridgehead atoms. The smallest absolute Gasteiger partial charge is 0.269 e. The molecule has 0 aliphatic carbocycles. The van der Waals surface area contributed by atoms with Crippen LogP contribution < -0.4 is 5.73 Å². The summed E-state index contributed by atoms with van der Waals surface area (Å²) in [7, 11) is -3.68. The minimum Gasteiger partial charge on any atom is -0.399 e. The van der Waals surface area contributed by atoms with Gasteiger partial charge in [0.1, 0.15) is 0 Å². The number of hydrogen-bond acceptors (Lipinski definition) is 5. The highest BCUT2D eigenvalue weighted by Crippen LogP contribution is 2.23. The Hall–Kier alpha value is -2.41. The zero-order valence-electron chi connectivity index (χ0n) is 9.68. The van der Waals surface area contributed by atoms with Gasteiger partial charge in [0, 0.05) is 17.8 Å². The molecule has 0 heterocycles. The van der Waals surface area contributed by atoms with Crippen molar-refractivity contribution in [2.45, 2.75) is 9.79 Å². The molecule has 2 rings (SSSR count). The van der Waals surface area contributed by atoms with Gasteiger partial charge in [-0.1, -0.05) is 0 Å². The maximum atomic E-state index is 12.2. The second-order valence-corrected chi connectivity index (χ2v) is 5.77. The van der Waals surface area contributed by atoms with E-state index >= 15 is 0 Å². The van der Waals surface area contributed by atoms with Crippen LogP contribution in [0.3, 0.4) is 0 Å². The number of anilines is 1. The lowest BCUT2D eigenvalue weighted by molar-refractivity contribution is -0.384. The van der Waals surface area contributed by atoms with Crippen LogP contribution in [-0.2, 0) is 9.84 Å². The minimum atomic E-state index is -3.68. The molecular weight excluding hydrogens is 268 g/mol. The van der Waals surface area contributed by atoms with Gasteiger partial charge in [0.15, 0.2) is 0 Å². The van der Waals surface area contributed by atoms with Crippen LogP contribution in [-0.4, -0.2) is 13.3 Å². The topological polar surface area (TPSA) is 103 Å². The van der Waals surface area contributed by atoms with E-state index in [1.165, 1.54) is 36.4 Å². The number of benzene rings is 2. The van der Waals surface area contributed by atoms with Gasteiger partial charge in [-0.05, 0) is 36.4 Å². The fraction of sp³-hybridized carbons (Fsp3) is 0. The van der Waals surface area contributed by atoms with Crippen molar-refractivity contribution in [3.8, 4) is 0 Å². The van der Waals surface area contributed by atoms with Gasteiger partial charge in [-0.3, -0.25) is 10.1 Å². The van der Waals surface area contributed by atoms with E-state index in [1.807, 2.05) is 0 Å². The van der Waals surface area contributed by atoms with Crippen molar-refractivity contribution in [3.05, 3.63) is 58.6 Å². The van der Waals surface area contributed by atoms with E-state index < -0.39 is 14.8 Å². The van der Waals surface area contributed by atoms with Gasteiger partial charge < -0.3 is 5.73 Å². The van der Waals surface area contributed by atoms with E-state index in [2.05, 4.69) is 0 Å². The predicted octanol–water partition coefficient (Wildman–Crippen LogP) is 2.01. The normalized spacial score (nSPS) is 11.2. The molecule has 0 fully saturated rings. The number of nitro groups is 1. The second-order valence-electron chi connectivity index (χ2n) is 3.82. The van der Waals surface area contributed by atoms with Gasteiger partial charge in [-0.15, -0.1) is 0 Å². The number of sulfone groups is 1. The first-order valence-corrected chi connectivity index (χ1v) is 6.74. The third kappa shape index (κ3) is 2.55. The van der Waals surface area contributed by atoms with E-state index in [-0.39, 0.29) is 15.5 Å². The molecular formula is C12H10N2O4S. The highest BCUT2D eigenvalue weighted by Gasteiger charge is 2.18. The molecule has 2 aromatic carbocycles. The Kier molecular flexibility index (Phi) is 3.22. The van der Waals surface area contributed by atoms with Gasteiger partial charge in [0.2, 0.25) is 9.84 Å². The molecule has 98 valence electrons. The third-order valence-corrected chi connectivity index (χ3v) is 4.33. The van der Waals surface area contributed by atoms with Crippen LogP contribution in [0.2, 0.25) is 0 Å². The highest BCUT2D eigenvalue weighted by molar-refractivity contribution is 7.91. The lowest BCUT2D eigenvalue weighted by atomic mass is 10.3. The van der Waals surface area contributed by atoms with E-state index in [0.717, 1.165) is 12.1 Å². The molecule has 0 radical (unpaired) electrons. The van der Waals surface area contributed by atoms with Crippen LogP contribution >= 0.6 is 0 Å². The maximum Gasteiger partial charge on any atom is 0.269 e. The molecule has 0 unspecified atom stereocenters. The molecule has 0 aromatic heterocycles. The van der Waals surface area contributed by atoms with Gasteiger partial charge in [-0.25, -0.2) is 8.42 Å². The van der Waals surface area contributed by atoms with E-state index in [4.69, 9.17) is 5.73 Å². The van der Waals surface area contributed by atoms with Crippen molar-refractivity contribution >= 4 is 21.2 Å². The van der Waals surface area contributed by atoms with Crippen molar-refractivity contribution < 1.29 is 13.3 Å². The highest BCUT2D eigenvalue weighted by atomic mass is 32.2. The summed E-state index contributed by atoms with van der Waals surface area (Å²) in [5, 5.41) is 10.5. The molecule has 0 aliphatic heterocycles. The second kappa shape index (κ2) is 4.69. The molecule has 0 aliphatic rings. The predicted molar refractivity (Wildman–Crippen MR) is 69.4 cm³/mol. The summed E-state index contributed by atoms with van der Waals surface area (Å²) >= 11 is 0. The average molecular weight is 278 g/mol. The van der Waals surface area contributed by atoms with Crippen LogP contribution in [0.25, 0.3) is 0 Å². The Balaban J connectivity index is 2.44. The van der Waals surface area contributed by atoms with Crippen LogP contribution in [0.15, 0.2) is 58.3 Å². The molecule has 2 N–H and O–H groups in total.